The van der Waals surface area contributed by atoms with Gasteiger partial charge in [0.25, 0.3) is 0 Å². The van der Waals surface area contributed by atoms with Crippen molar-refractivity contribution < 1.29 is 0 Å². The van der Waals surface area contributed by atoms with E-state index < -0.39 is 0 Å². The minimum atomic E-state index is 0.334. The Labute approximate surface area is 123 Å². The largest absolute Gasteiger partial charge is 0.314 e. The van der Waals surface area contributed by atoms with Gasteiger partial charge in [-0.3, -0.25) is 4.90 Å². The molecule has 1 fully saturated rings. The first-order valence-corrected chi connectivity index (χ1v) is 7.84. The predicted molar refractivity (Wildman–Crippen MR) is 82.1 cm³/mol. The Kier molecular flexibility index (Phi) is 4.18. The average Bonchev–Trinajstić information content (AvgIpc) is 2.94. The van der Waals surface area contributed by atoms with Crippen LogP contribution < -0.4 is 5.32 Å². The summed E-state index contributed by atoms with van der Waals surface area (Å²) >= 11 is 7.98. The lowest BCUT2D eigenvalue weighted by Crippen LogP contribution is -2.45. The average molecular weight is 293 g/mol. The quantitative estimate of drug-likeness (QED) is 0.933. The molecule has 2 aromatic rings. The lowest BCUT2D eigenvalue weighted by Gasteiger charge is -2.34. The van der Waals surface area contributed by atoms with E-state index in [0.29, 0.717) is 6.04 Å². The Bertz CT molecular complexity index is 521. The molecule has 1 atom stereocenters. The lowest BCUT2D eigenvalue weighted by molar-refractivity contribution is 0.200. The molecular weight excluding hydrogens is 276 g/mol. The van der Waals surface area contributed by atoms with Crippen molar-refractivity contribution in [2.24, 2.45) is 0 Å². The topological polar surface area (TPSA) is 15.3 Å². The molecule has 0 saturated carbocycles. The van der Waals surface area contributed by atoms with E-state index in [1.165, 1.54) is 10.4 Å². The Balaban J connectivity index is 1.96. The molecule has 1 unspecified atom stereocenters. The van der Waals surface area contributed by atoms with Gasteiger partial charge in [0.15, 0.2) is 0 Å². The van der Waals surface area contributed by atoms with Crippen LogP contribution in [0.3, 0.4) is 0 Å². The van der Waals surface area contributed by atoms with Gasteiger partial charge >= 0.3 is 0 Å². The maximum Gasteiger partial charge on any atom is 0.0697 e. The van der Waals surface area contributed by atoms with Gasteiger partial charge in [-0.1, -0.05) is 29.8 Å². The molecule has 1 aliphatic heterocycles. The second-order valence-electron chi connectivity index (χ2n) is 4.76. The van der Waals surface area contributed by atoms with Gasteiger partial charge in [-0.2, -0.15) is 0 Å². The van der Waals surface area contributed by atoms with E-state index in [4.69, 9.17) is 11.6 Å². The van der Waals surface area contributed by atoms with Gasteiger partial charge in [0, 0.05) is 36.1 Å². The molecule has 0 spiro atoms. The summed E-state index contributed by atoms with van der Waals surface area (Å²) < 4.78 is 0. The van der Waals surface area contributed by atoms with Crippen LogP contribution in [0.4, 0.5) is 0 Å². The van der Waals surface area contributed by atoms with Crippen molar-refractivity contribution in [1.82, 2.24) is 10.2 Å². The first-order chi connectivity index (χ1) is 9.34. The van der Waals surface area contributed by atoms with Gasteiger partial charge in [-0.15, -0.1) is 11.3 Å². The molecule has 0 radical (unpaired) electrons. The highest BCUT2D eigenvalue weighted by Crippen LogP contribution is 2.32. The van der Waals surface area contributed by atoms with Crippen LogP contribution in [0.5, 0.6) is 0 Å². The summed E-state index contributed by atoms with van der Waals surface area (Å²) in [7, 11) is 0. The summed E-state index contributed by atoms with van der Waals surface area (Å²) in [4.78, 5) is 3.93. The summed E-state index contributed by atoms with van der Waals surface area (Å²) in [6, 6.07) is 12.9. The van der Waals surface area contributed by atoms with Crippen molar-refractivity contribution in [3.05, 3.63) is 57.2 Å². The SMILES string of the molecule is Clc1cccc(C(c2cccs2)N2CCNCC2)c1. The minimum Gasteiger partial charge on any atom is -0.314 e. The number of piperazine rings is 1. The fraction of sp³-hybridized carbons (Fsp3) is 0.333. The zero-order valence-electron chi connectivity index (χ0n) is 10.7. The number of halogens is 1. The maximum absolute atomic E-state index is 6.16. The number of hydrogen-bond donors (Lipinski definition) is 1. The van der Waals surface area contributed by atoms with E-state index >= 15 is 0 Å². The summed E-state index contributed by atoms with van der Waals surface area (Å²) in [6.45, 7) is 4.27. The zero-order chi connectivity index (χ0) is 13.1. The number of hydrogen-bond acceptors (Lipinski definition) is 3. The van der Waals surface area contributed by atoms with Crippen LogP contribution in [-0.4, -0.2) is 31.1 Å². The summed E-state index contributed by atoms with van der Waals surface area (Å²) in [5.41, 5.74) is 1.29. The van der Waals surface area contributed by atoms with Crippen molar-refractivity contribution in [2.45, 2.75) is 6.04 Å². The molecule has 0 aliphatic carbocycles. The third-order valence-electron chi connectivity index (χ3n) is 3.49. The Morgan fingerprint density at radius 3 is 2.68 bits per heavy atom. The number of nitrogens with one attached hydrogen (secondary N) is 1. The molecule has 1 saturated heterocycles. The van der Waals surface area contributed by atoms with Crippen molar-refractivity contribution in [3.63, 3.8) is 0 Å². The van der Waals surface area contributed by atoms with E-state index in [0.717, 1.165) is 31.2 Å². The van der Waals surface area contributed by atoms with Gasteiger partial charge in [-0.05, 0) is 29.1 Å². The molecule has 100 valence electrons. The molecular formula is C15H17ClN2S. The zero-order valence-corrected chi connectivity index (χ0v) is 12.3. The van der Waals surface area contributed by atoms with Gasteiger partial charge in [0.05, 0.1) is 6.04 Å². The van der Waals surface area contributed by atoms with Crippen molar-refractivity contribution in [1.29, 1.82) is 0 Å². The molecule has 3 rings (SSSR count). The first kappa shape index (κ1) is 13.1. The van der Waals surface area contributed by atoms with E-state index in [1.54, 1.807) is 0 Å². The molecule has 4 heteroatoms. The normalized spacial score (nSPS) is 18.4. The number of nitrogens with zero attached hydrogens (tertiary/aromatic N) is 1. The predicted octanol–water partition coefficient (Wildman–Crippen LogP) is 3.40. The smallest absolute Gasteiger partial charge is 0.0697 e. The summed E-state index contributed by atoms with van der Waals surface area (Å²) in [5.74, 6) is 0. The van der Waals surface area contributed by atoms with Crippen LogP contribution in [0.2, 0.25) is 5.02 Å². The van der Waals surface area contributed by atoms with E-state index in [1.807, 2.05) is 23.5 Å². The van der Waals surface area contributed by atoms with Crippen LogP contribution in [0.25, 0.3) is 0 Å². The Morgan fingerprint density at radius 2 is 2.00 bits per heavy atom. The molecule has 0 amide bonds. The molecule has 2 nitrogen and oxygen atoms in total. The number of rotatable bonds is 3. The monoisotopic (exact) mass is 292 g/mol. The van der Waals surface area contributed by atoms with Gasteiger partial charge in [0.2, 0.25) is 0 Å². The molecule has 1 N–H and O–H groups in total. The van der Waals surface area contributed by atoms with Gasteiger partial charge in [0.1, 0.15) is 0 Å². The van der Waals surface area contributed by atoms with Crippen LogP contribution in [0, 0.1) is 0 Å². The molecule has 1 aliphatic rings. The van der Waals surface area contributed by atoms with Gasteiger partial charge in [-0.25, -0.2) is 0 Å². The highest BCUT2D eigenvalue weighted by atomic mass is 35.5. The van der Waals surface area contributed by atoms with Gasteiger partial charge < -0.3 is 5.32 Å². The fourth-order valence-electron chi connectivity index (χ4n) is 2.62. The van der Waals surface area contributed by atoms with Crippen LogP contribution in [0.1, 0.15) is 16.5 Å². The molecule has 2 heterocycles. The van der Waals surface area contributed by atoms with Crippen LogP contribution >= 0.6 is 22.9 Å². The van der Waals surface area contributed by atoms with E-state index in [-0.39, 0.29) is 0 Å². The first-order valence-electron chi connectivity index (χ1n) is 6.58. The fourth-order valence-corrected chi connectivity index (χ4v) is 3.70. The lowest BCUT2D eigenvalue weighted by atomic mass is 10.0. The van der Waals surface area contributed by atoms with Crippen LogP contribution in [-0.2, 0) is 0 Å². The van der Waals surface area contributed by atoms with Crippen molar-refractivity contribution in [2.75, 3.05) is 26.2 Å². The standard InChI is InChI=1S/C15H17ClN2S/c16-13-4-1-3-12(11-13)15(14-5-2-10-19-14)18-8-6-17-7-9-18/h1-5,10-11,15,17H,6-9H2. The van der Waals surface area contributed by atoms with Crippen molar-refractivity contribution >= 4 is 22.9 Å². The Morgan fingerprint density at radius 1 is 1.16 bits per heavy atom. The molecule has 19 heavy (non-hydrogen) atoms. The molecule has 1 aromatic carbocycles. The van der Waals surface area contributed by atoms with E-state index in [9.17, 15) is 0 Å². The second-order valence-corrected chi connectivity index (χ2v) is 6.17. The summed E-state index contributed by atoms with van der Waals surface area (Å²) in [5, 5.41) is 6.38. The number of benzene rings is 1. The van der Waals surface area contributed by atoms with Crippen LogP contribution in [0.15, 0.2) is 41.8 Å². The highest BCUT2D eigenvalue weighted by molar-refractivity contribution is 7.10. The third-order valence-corrected chi connectivity index (χ3v) is 4.65. The van der Waals surface area contributed by atoms with E-state index in [2.05, 4.69) is 39.9 Å². The third kappa shape index (κ3) is 3.00. The number of thiophene rings is 1. The van der Waals surface area contributed by atoms with Crippen molar-refractivity contribution in [3.8, 4) is 0 Å². The summed E-state index contributed by atoms with van der Waals surface area (Å²) in [6.07, 6.45) is 0. The molecule has 0 bridgehead atoms. The highest BCUT2D eigenvalue weighted by Gasteiger charge is 2.24. The maximum atomic E-state index is 6.16. The Hall–Kier alpha value is -0.870. The minimum absolute atomic E-state index is 0.334. The second kappa shape index (κ2) is 6.06. The molecule has 1 aromatic heterocycles.